The topological polar surface area (TPSA) is 69.0 Å². The Hall–Kier alpha value is -2.86. The maximum absolute atomic E-state index is 12.4. The highest BCUT2D eigenvalue weighted by Crippen LogP contribution is 2.16. The highest BCUT2D eigenvalue weighted by Gasteiger charge is 2.17. The number of carbonyl (C=O) groups is 1. The van der Waals surface area contributed by atoms with Crippen LogP contribution < -0.4 is 10.1 Å². The van der Waals surface area contributed by atoms with Gasteiger partial charge in [-0.25, -0.2) is 4.68 Å². The Bertz CT molecular complexity index is 889. The molecule has 6 nitrogen and oxygen atoms in total. The molecule has 0 aliphatic carbocycles. The van der Waals surface area contributed by atoms with Gasteiger partial charge >= 0.3 is 0 Å². The molecule has 0 spiro atoms. The van der Waals surface area contributed by atoms with Crippen LogP contribution in [0.1, 0.15) is 28.7 Å². The highest BCUT2D eigenvalue weighted by atomic mass is 35.5. The molecular weight excluding hydrogens is 352 g/mol. The monoisotopic (exact) mass is 370 g/mol. The van der Waals surface area contributed by atoms with E-state index in [0.29, 0.717) is 29.6 Å². The van der Waals surface area contributed by atoms with Crippen LogP contribution >= 0.6 is 11.6 Å². The molecule has 1 aromatic heterocycles. The zero-order chi connectivity index (χ0) is 18.5. The van der Waals surface area contributed by atoms with Crippen molar-refractivity contribution < 1.29 is 9.53 Å². The van der Waals surface area contributed by atoms with Gasteiger partial charge in [-0.15, -0.1) is 5.10 Å². The summed E-state index contributed by atoms with van der Waals surface area (Å²) in [5, 5.41) is 11.6. The lowest BCUT2D eigenvalue weighted by atomic mass is 10.2. The van der Waals surface area contributed by atoms with E-state index in [-0.39, 0.29) is 5.91 Å². The van der Waals surface area contributed by atoms with E-state index in [4.69, 9.17) is 16.3 Å². The van der Waals surface area contributed by atoms with Gasteiger partial charge in [0.25, 0.3) is 5.91 Å². The molecule has 7 heteroatoms. The zero-order valence-corrected chi connectivity index (χ0v) is 15.3. The van der Waals surface area contributed by atoms with E-state index in [1.54, 1.807) is 23.7 Å². The lowest BCUT2D eigenvalue weighted by molar-refractivity contribution is 0.0945. The van der Waals surface area contributed by atoms with Gasteiger partial charge in [-0.05, 0) is 55.8 Å². The Balaban J connectivity index is 1.67. The predicted molar refractivity (Wildman–Crippen MR) is 99.9 cm³/mol. The summed E-state index contributed by atoms with van der Waals surface area (Å²) in [4.78, 5) is 12.4. The van der Waals surface area contributed by atoms with Crippen molar-refractivity contribution >= 4 is 17.5 Å². The lowest BCUT2D eigenvalue weighted by Crippen LogP contribution is -2.24. The Morgan fingerprint density at radius 3 is 2.50 bits per heavy atom. The summed E-state index contributed by atoms with van der Waals surface area (Å²) in [7, 11) is 0. The number of nitrogens with one attached hydrogen (secondary N) is 1. The molecule has 0 unspecified atom stereocenters. The smallest absolute Gasteiger partial charge is 0.274 e. The van der Waals surface area contributed by atoms with Crippen molar-refractivity contribution in [2.75, 3.05) is 6.61 Å². The van der Waals surface area contributed by atoms with Crippen molar-refractivity contribution in [3.05, 3.63) is 70.5 Å². The third-order valence-corrected chi connectivity index (χ3v) is 4.12. The number of hydrogen-bond acceptors (Lipinski definition) is 4. The SMILES string of the molecule is CCOc1ccc(CNC(=O)c2nnn(-c3ccc(Cl)cc3)c2C)cc1. The summed E-state index contributed by atoms with van der Waals surface area (Å²) in [5.74, 6) is 0.543. The number of aromatic nitrogens is 3. The van der Waals surface area contributed by atoms with Gasteiger partial charge in [-0.1, -0.05) is 28.9 Å². The number of carbonyl (C=O) groups excluding carboxylic acids is 1. The number of halogens is 1. The molecule has 1 amide bonds. The molecule has 0 aliphatic rings. The van der Waals surface area contributed by atoms with Crippen molar-refractivity contribution in [1.82, 2.24) is 20.3 Å². The summed E-state index contributed by atoms with van der Waals surface area (Å²) in [6.45, 7) is 4.77. The summed E-state index contributed by atoms with van der Waals surface area (Å²) >= 11 is 5.90. The third kappa shape index (κ3) is 4.03. The van der Waals surface area contributed by atoms with Gasteiger partial charge in [0.2, 0.25) is 0 Å². The van der Waals surface area contributed by atoms with Crippen LogP contribution in [0.3, 0.4) is 0 Å². The van der Waals surface area contributed by atoms with Crippen LogP contribution in [-0.4, -0.2) is 27.5 Å². The van der Waals surface area contributed by atoms with Crippen LogP contribution in [0.15, 0.2) is 48.5 Å². The predicted octanol–water partition coefficient (Wildman–Crippen LogP) is 3.56. The highest BCUT2D eigenvalue weighted by molar-refractivity contribution is 6.30. The first kappa shape index (κ1) is 17.9. The lowest BCUT2D eigenvalue weighted by Gasteiger charge is -2.07. The Morgan fingerprint density at radius 2 is 1.85 bits per heavy atom. The minimum absolute atomic E-state index is 0.267. The number of benzene rings is 2. The molecular formula is C19H19ClN4O2. The minimum atomic E-state index is -0.267. The summed E-state index contributed by atoms with van der Waals surface area (Å²) < 4.78 is 7.02. The molecule has 134 valence electrons. The van der Waals surface area contributed by atoms with Crippen molar-refractivity contribution in [1.29, 1.82) is 0 Å². The fourth-order valence-electron chi connectivity index (χ4n) is 2.50. The number of amides is 1. The van der Waals surface area contributed by atoms with Gasteiger partial charge in [-0.3, -0.25) is 4.79 Å². The standard InChI is InChI=1S/C19H19ClN4O2/c1-3-26-17-10-4-14(5-11-17)12-21-19(25)18-13(2)24(23-22-18)16-8-6-15(20)7-9-16/h4-11H,3,12H2,1-2H3,(H,21,25). The van der Waals surface area contributed by atoms with Crippen LogP contribution in [0.5, 0.6) is 5.75 Å². The Morgan fingerprint density at radius 1 is 1.15 bits per heavy atom. The quantitative estimate of drug-likeness (QED) is 0.720. The van der Waals surface area contributed by atoms with Crippen LogP contribution in [0.25, 0.3) is 5.69 Å². The molecule has 3 rings (SSSR count). The number of ether oxygens (including phenoxy) is 1. The molecule has 26 heavy (non-hydrogen) atoms. The maximum atomic E-state index is 12.4. The molecule has 1 heterocycles. The maximum Gasteiger partial charge on any atom is 0.274 e. The fourth-order valence-corrected chi connectivity index (χ4v) is 2.63. The fraction of sp³-hybridized carbons (Fsp3) is 0.211. The molecule has 1 N–H and O–H groups in total. The van der Waals surface area contributed by atoms with E-state index in [1.807, 2.05) is 43.3 Å². The largest absolute Gasteiger partial charge is 0.494 e. The van der Waals surface area contributed by atoms with Crippen molar-refractivity contribution in [2.45, 2.75) is 20.4 Å². The first-order valence-electron chi connectivity index (χ1n) is 8.26. The molecule has 0 aliphatic heterocycles. The van der Waals surface area contributed by atoms with E-state index in [2.05, 4.69) is 15.6 Å². The zero-order valence-electron chi connectivity index (χ0n) is 14.6. The molecule has 2 aromatic carbocycles. The molecule has 3 aromatic rings. The first-order valence-corrected chi connectivity index (χ1v) is 8.64. The molecule has 0 radical (unpaired) electrons. The molecule has 0 fully saturated rings. The summed E-state index contributed by atoms with van der Waals surface area (Å²) in [5.41, 5.74) is 2.73. The van der Waals surface area contributed by atoms with Gasteiger partial charge in [0.1, 0.15) is 5.75 Å². The average molecular weight is 371 g/mol. The van der Waals surface area contributed by atoms with E-state index in [9.17, 15) is 4.79 Å². The second-order valence-electron chi connectivity index (χ2n) is 5.67. The molecule has 0 saturated carbocycles. The Labute approximate surface area is 156 Å². The van der Waals surface area contributed by atoms with Crippen molar-refractivity contribution in [3.8, 4) is 11.4 Å². The van der Waals surface area contributed by atoms with Crippen LogP contribution in [0, 0.1) is 6.92 Å². The van der Waals surface area contributed by atoms with Gasteiger partial charge in [0.05, 0.1) is 18.0 Å². The Kier molecular flexibility index (Phi) is 5.53. The first-order chi connectivity index (χ1) is 12.6. The van der Waals surface area contributed by atoms with Crippen molar-refractivity contribution in [2.24, 2.45) is 0 Å². The van der Waals surface area contributed by atoms with Crippen LogP contribution in [-0.2, 0) is 6.54 Å². The van der Waals surface area contributed by atoms with E-state index in [0.717, 1.165) is 17.0 Å². The van der Waals surface area contributed by atoms with Crippen molar-refractivity contribution in [3.63, 3.8) is 0 Å². The number of hydrogen-bond donors (Lipinski definition) is 1. The summed E-state index contributed by atoms with van der Waals surface area (Å²) in [6, 6.07) is 14.8. The van der Waals surface area contributed by atoms with Crippen LogP contribution in [0.2, 0.25) is 5.02 Å². The van der Waals surface area contributed by atoms with Gasteiger partial charge in [0.15, 0.2) is 5.69 Å². The van der Waals surface area contributed by atoms with Gasteiger partial charge in [-0.2, -0.15) is 0 Å². The second kappa shape index (κ2) is 8.01. The van der Waals surface area contributed by atoms with Gasteiger partial charge in [0, 0.05) is 11.6 Å². The average Bonchev–Trinajstić information content (AvgIpc) is 3.03. The third-order valence-electron chi connectivity index (χ3n) is 3.87. The van der Waals surface area contributed by atoms with Gasteiger partial charge < -0.3 is 10.1 Å². The summed E-state index contributed by atoms with van der Waals surface area (Å²) in [6.07, 6.45) is 0. The van der Waals surface area contributed by atoms with E-state index in [1.165, 1.54) is 0 Å². The number of rotatable bonds is 6. The molecule has 0 saturated heterocycles. The molecule has 0 atom stereocenters. The number of nitrogens with zero attached hydrogens (tertiary/aromatic N) is 3. The van der Waals surface area contributed by atoms with Crippen LogP contribution in [0.4, 0.5) is 0 Å². The molecule has 0 bridgehead atoms. The second-order valence-corrected chi connectivity index (χ2v) is 6.11. The normalized spacial score (nSPS) is 10.6. The van der Waals surface area contributed by atoms with E-state index >= 15 is 0 Å². The minimum Gasteiger partial charge on any atom is -0.494 e. The van der Waals surface area contributed by atoms with E-state index < -0.39 is 0 Å².